The minimum absolute atomic E-state index is 0.214. The lowest BCUT2D eigenvalue weighted by Crippen LogP contribution is -2.34. The van der Waals surface area contributed by atoms with Crippen LogP contribution in [0.25, 0.3) is 10.9 Å². The topological polar surface area (TPSA) is 124 Å². The van der Waals surface area contributed by atoms with E-state index in [-0.39, 0.29) is 12.3 Å². The van der Waals surface area contributed by atoms with Crippen LogP contribution in [0.2, 0.25) is 0 Å². The first kappa shape index (κ1) is 32.6. The number of hydrogen-bond acceptors (Lipinski definition) is 6. The number of ketones is 1. The minimum atomic E-state index is -3.29. The van der Waals surface area contributed by atoms with Crippen molar-refractivity contribution in [3.63, 3.8) is 0 Å². The summed E-state index contributed by atoms with van der Waals surface area (Å²) in [5, 5.41) is 3.61. The number of fused-ring (bicyclic) bond motifs is 1. The Morgan fingerprint density at radius 1 is 0.977 bits per heavy atom. The number of benzene rings is 3. The molecule has 232 valence electrons. The highest BCUT2D eigenvalue weighted by Crippen LogP contribution is 2.28. The van der Waals surface area contributed by atoms with Gasteiger partial charge in [-0.3, -0.25) is 9.59 Å². The van der Waals surface area contributed by atoms with Crippen LogP contribution in [0, 0.1) is 13.8 Å². The molecule has 0 bridgehead atoms. The number of hydrogen-bond donors (Lipinski definition) is 3. The molecule has 0 atom stereocenters. The van der Waals surface area contributed by atoms with Gasteiger partial charge in [0.05, 0.1) is 17.5 Å². The van der Waals surface area contributed by atoms with Crippen molar-refractivity contribution in [1.29, 1.82) is 0 Å². The van der Waals surface area contributed by atoms with Crippen LogP contribution in [0.15, 0.2) is 71.7 Å². The van der Waals surface area contributed by atoms with Gasteiger partial charge in [-0.25, -0.2) is 18.1 Å². The summed E-state index contributed by atoms with van der Waals surface area (Å²) in [5.41, 5.74) is 5.57. The van der Waals surface area contributed by atoms with Gasteiger partial charge in [0.1, 0.15) is 0 Å². The molecule has 3 aromatic carbocycles. The molecule has 1 amide bonds. The number of aryl methyl sites for hydroxylation is 3. The number of amides is 1. The Morgan fingerprint density at radius 3 is 2.36 bits per heavy atom. The van der Waals surface area contributed by atoms with Crippen molar-refractivity contribution < 1.29 is 18.0 Å². The van der Waals surface area contributed by atoms with E-state index in [4.69, 9.17) is 0 Å². The van der Waals surface area contributed by atoms with Gasteiger partial charge < -0.3 is 15.2 Å². The van der Waals surface area contributed by atoms with Gasteiger partial charge in [0, 0.05) is 47.6 Å². The van der Waals surface area contributed by atoms with Crippen LogP contribution in [-0.2, 0) is 21.2 Å². The fraction of sp³-hybridized carbons (Fsp3) is 0.324. The highest BCUT2D eigenvalue weighted by molar-refractivity contribution is 7.88. The van der Waals surface area contributed by atoms with Crippen LogP contribution < -0.4 is 14.9 Å². The van der Waals surface area contributed by atoms with Gasteiger partial charge >= 0.3 is 0 Å². The van der Waals surface area contributed by atoms with Gasteiger partial charge in [-0.15, -0.1) is 0 Å². The monoisotopic (exact) mass is 615 g/mol. The minimum Gasteiger partial charge on any atom is -0.370 e. The first-order valence-electron chi connectivity index (χ1n) is 14.9. The molecule has 4 rings (SSSR count). The first-order chi connectivity index (χ1) is 21.0. The number of anilines is 2. The highest BCUT2D eigenvalue weighted by atomic mass is 32.2. The number of H-pyrrole nitrogens is 1. The lowest BCUT2D eigenvalue weighted by Gasteiger charge is -2.24. The summed E-state index contributed by atoms with van der Waals surface area (Å²) in [6, 6.07) is 20.7. The summed E-state index contributed by atoms with van der Waals surface area (Å²) in [7, 11) is -3.29. The van der Waals surface area contributed by atoms with E-state index in [2.05, 4.69) is 26.9 Å². The number of carbonyl (C=O) groups excluding carboxylic acids is 2. The Hall–Kier alpha value is -4.28. The van der Waals surface area contributed by atoms with E-state index >= 15 is 0 Å². The molecule has 0 aliphatic rings. The molecular formula is C34H41N5O4S. The number of Topliss-reactive ketones (excluding diaryl/α,β-unsaturated/α-hetero) is 1. The number of likely N-dealkylation sites (N-methyl/N-ethyl adjacent to an activating group) is 1. The maximum Gasteiger partial charge on any atom is 0.278 e. The average molecular weight is 616 g/mol. The second-order valence-corrected chi connectivity index (χ2v) is 12.8. The molecule has 3 N–H and O–H groups in total. The maximum atomic E-state index is 14.1. The van der Waals surface area contributed by atoms with Crippen molar-refractivity contribution in [3.8, 4) is 0 Å². The molecule has 10 heteroatoms. The zero-order valence-electron chi connectivity index (χ0n) is 26.0. The Labute approximate surface area is 259 Å². The van der Waals surface area contributed by atoms with Gasteiger partial charge in [-0.2, -0.15) is 0 Å². The van der Waals surface area contributed by atoms with Crippen LogP contribution in [-0.4, -0.2) is 56.7 Å². The number of carbonyl (C=O) groups is 2. The molecule has 1 heterocycles. The zero-order chi connectivity index (χ0) is 31.9. The van der Waals surface area contributed by atoms with Gasteiger partial charge in [-0.1, -0.05) is 43.7 Å². The third-order valence-electron chi connectivity index (χ3n) is 7.49. The largest absolute Gasteiger partial charge is 0.370 e. The number of nitrogens with zero attached hydrogens (tertiary/aromatic N) is 2. The van der Waals surface area contributed by atoms with Crippen molar-refractivity contribution >= 4 is 55.4 Å². The molecule has 0 radical (unpaired) electrons. The smallest absolute Gasteiger partial charge is 0.278 e. The number of sulfonamides is 1. The van der Waals surface area contributed by atoms with Gasteiger partial charge in [0.15, 0.2) is 5.71 Å². The molecule has 0 aliphatic heterocycles. The molecular weight excluding hydrogens is 574 g/mol. The van der Waals surface area contributed by atoms with Crippen molar-refractivity contribution in [3.05, 3.63) is 89.1 Å². The summed E-state index contributed by atoms with van der Waals surface area (Å²) >= 11 is 0. The molecule has 1 aromatic heterocycles. The van der Waals surface area contributed by atoms with Crippen molar-refractivity contribution in [2.45, 2.75) is 47.0 Å². The number of nitrogens with one attached hydrogen (secondary N) is 3. The lowest BCUT2D eigenvalue weighted by atomic mass is 10.0. The van der Waals surface area contributed by atoms with Crippen LogP contribution in [0.1, 0.15) is 53.9 Å². The van der Waals surface area contributed by atoms with E-state index in [0.29, 0.717) is 35.7 Å². The summed E-state index contributed by atoms with van der Waals surface area (Å²) in [5.74, 6) is -1.06. The SMILES string of the molecule is CCCCc1ccc(NC(=O)C(=Nc2ccc(N(CC)CCNS(C)(=O)=O)cc2C)C(=O)c2c(C)[nH]c3ccccc23)cc1. The molecule has 9 nitrogen and oxygen atoms in total. The first-order valence-corrected chi connectivity index (χ1v) is 16.8. The number of aromatic amines is 1. The van der Waals surface area contributed by atoms with Gasteiger partial charge in [0.2, 0.25) is 15.8 Å². The molecule has 0 saturated heterocycles. The third kappa shape index (κ3) is 8.21. The average Bonchev–Trinajstić information content (AvgIpc) is 3.33. The predicted molar refractivity (Wildman–Crippen MR) is 180 cm³/mol. The predicted octanol–water partition coefficient (Wildman–Crippen LogP) is 6.10. The third-order valence-corrected chi connectivity index (χ3v) is 8.22. The second-order valence-electron chi connectivity index (χ2n) is 10.9. The summed E-state index contributed by atoms with van der Waals surface area (Å²) in [6.07, 6.45) is 4.29. The fourth-order valence-electron chi connectivity index (χ4n) is 5.14. The maximum absolute atomic E-state index is 14.1. The van der Waals surface area contributed by atoms with Crippen LogP contribution in [0.4, 0.5) is 17.1 Å². The van der Waals surface area contributed by atoms with E-state index < -0.39 is 21.7 Å². The quantitative estimate of drug-likeness (QED) is 0.0899. The van der Waals surface area contributed by atoms with E-state index in [9.17, 15) is 18.0 Å². The summed E-state index contributed by atoms with van der Waals surface area (Å²) < 4.78 is 25.5. The standard InChI is InChI=1S/C34H41N5O4S/c1-6-8-11-25-14-16-26(17-15-25)37-34(41)32(33(40)31-24(4)36-30-13-10-9-12-28(30)31)38-29-19-18-27(22-23(29)3)39(7-2)21-20-35-44(5,42)43/h9-10,12-19,22,35-36H,6-8,11,20-21H2,1-5H3,(H,37,41). The van der Waals surface area contributed by atoms with Crippen LogP contribution >= 0.6 is 0 Å². The normalized spacial score (nSPS) is 12.0. The van der Waals surface area contributed by atoms with E-state index in [1.807, 2.05) is 86.3 Å². The van der Waals surface area contributed by atoms with Crippen molar-refractivity contribution in [1.82, 2.24) is 9.71 Å². The van der Waals surface area contributed by atoms with Crippen molar-refractivity contribution in [2.24, 2.45) is 4.99 Å². The molecule has 4 aromatic rings. The number of unbranched alkanes of at least 4 members (excludes halogenated alkanes) is 1. The second kappa shape index (κ2) is 14.5. The Balaban J connectivity index is 1.68. The number of aromatic nitrogens is 1. The Morgan fingerprint density at radius 2 is 1.70 bits per heavy atom. The Kier molecular flexibility index (Phi) is 10.7. The highest BCUT2D eigenvalue weighted by Gasteiger charge is 2.27. The number of aliphatic imine (C=N–C) groups is 1. The molecule has 0 aliphatic carbocycles. The van der Waals surface area contributed by atoms with Crippen LogP contribution in [0.5, 0.6) is 0 Å². The zero-order valence-corrected chi connectivity index (χ0v) is 26.8. The van der Waals surface area contributed by atoms with Gasteiger partial charge in [-0.05, 0) is 81.1 Å². The lowest BCUT2D eigenvalue weighted by molar-refractivity contribution is -0.110. The van der Waals surface area contributed by atoms with E-state index in [1.165, 1.54) is 5.56 Å². The fourth-order valence-corrected chi connectivity index (χ4v) is 5.60. The Bertz CT molecular complexity index is 1780. The molecule has 0 saturated carbocycles. The molecule has 44 heavy (non-hydrogen) atoms. The number of para-hydroxylation sites is 1. The molecule has 0 spiro atoms. The summed E-state index contributed by atoms with van der Waals surface area (Å²) in [6.45, 7) is 9.24. The molecule has 0 unspecified atom stereocenters. The summed E-state index contributed by atoms with van der Waals surface area (Å²) in [4.78, 5) is 37.8. The van der Waals surface area contributed by atoms with Crippen LogP contribution in [0.3, 0.4) is 0 Å². The van der Waals surface area contributed by atoms with Gasteiger partial charge in [0.25, 0.3) is 5.91 Å². The number of rotatable bonds is 14. The van der Waals surface area contributed by atoms with E-state index in [0.717, 1.165) is 47.7 Å². The van der Waals surface area contributed by atoms with Crippen molar-refractivity contribution in [2.75, 3.05) is 36.1 Å². The van der Waals surface area contributed by atoms with E-state index in [1.54, 1.807) is 6.07 Å². The molecule has 0 fully saturated rings.